The van der Waals surface area contributed by atoms with Gasteiger partial charge in [-0.25, -0.2) is 4.98 Å². The van der Waals surface area contributed by atoms with E-state index in [-0.39, 0.29) is 5.91 Å². The second kappa shape index (κ2) is 9.06. The Morgan fingerprint density at radius 2 is 1.87 bits per heavy atom. The first-order valence-corrected chi connectivity index (χ1v) is 10.2. The van der Waals surface area contributed by atoms with Crippen LogP contribution in [0.3, 0.4) is 0 Å². The molecule has 0 fully saturated rings. The molecule has 1 heterocycles. The summed E-state index contributed by atoms with van der Waals surface area (Å²) in [6.45, 7) is 2.42. The summed E-state index contributed by atoms with van der Waals surface area (Å²) >= 11 is 6.14. The number of benzene rings is 3. The standard InChI is InChI=1S/C25H21ClN2O3/c1-3-31-24-15-23(16-6-4-7-18(26)12-16)28-22-11-10-17(13-21(22)24)25(29)27-19-8-5-9-20(14-19)30-2/h4-15H,3H2,1-2H3,(H,27,29). The van der Waals surface area contributed by atoms with Gasteiger partial charge in [0, 0.05) is 39.4 Å². The van der Waals surface area contributed by atoms with Crippen LogP contribution in [0.15, 0.2) is 72.8 Å². The fraction of sp³-hybridized carbons (Fsp3) is 0.120. The van der Waals surface area contributed by atoms with E-state index in [1.165, 1.54) is 0 Å². The molecule has 1 N–H and O–H groups in total. The van der Waals surface area contributed by atoms with Crippen molar-refractivity contribution in [1.29, 1.82) is 0 Å². The largest absolute Gasteiger partial charge is 0.497 e. The minimum absolute atomic E-state index is 0.225. The molecule has 0 saturated heterocycles. The highest BCUT2D eigenvalue weighted by Crippen LogP contribution is 2.32. The number of carbonyl (C=O) groups excluding carboxylic acids is 1. The number of aromatic nitrogens is 1. The Morgan fingerprint density at radius 3 is 2.65 bits per heavy atom. The minimum Gasteiger partial charge on any atom is -0.497 e. The third-order valence-electron chi connectivity index (χ3n) is 4.78. The molecular weight excluding hydrogens is 412 g/mol. The van der Waals surface area contributed by atoms with Crippen molar-refractivity contribution in [2.45, 2.75) is 6.92 Å². The molecule has 0 radical (unpaired) electrons. The smallest absolute Gasteiger partial charge is 0.255 e. The van der Waals surface area contributed by atoms with Crippen molar-refractivity contribution >= 4 is 34.1 Å². The van der Waals surface area contributed by atoms with E-state index in [4.69, 9.17) is 26.1 Å². The number of nitrogens with zero attached hydrogens (tertiary/aromatic N) is 1. The van der Waals surface area contributed by atoms with Crippen LogP contribution in [0.2, 0.25) is 5.02 Å². The van der Waals surface area contributed by atoms with Gasteiger partial charge in [-0.2, -0.15) is 0 Å². The van der Waals surface area contributed by atoms with Gasteiger partial charge in [-0.15, -0.1) is 0 Å². The number of anilines is 1. The number of pyridine rings is 1. The molecule has 1 amide bonds. The predicted molar refractivity (Wildman–Crippen MR) is 124 cm³/mol. The zero-order valence-electron chi connectivity index (χ0n) is 17.2. The maximum Gasteiger partial charge on any atom is 0.255 e. The van der Waals surface area contributed by atoms with Crippen LogP contribution in [0, 0.1) is 0 Å². The van der Waals surface area contributed by atoms with Gasteiger partial charge in [-0.3, -0.25) is 4.79 Å². The normalized spacial score (nSPS) is 10.7. The van der Waals surface area contributed by atoms with Crippen molar-refractivity contribution in [3.8, 4) is 22.8 Å². The second-order valence-corrected chi connectivity index (χ2v) is 7.30. The first-order valence-electron chi connectivity index (χ1n) is 9.86. The molecule has 156 valence electrons. The highest BCUT2D eigenvalue weighted by molar-refractivity contribution is 6.30. The summed E-state index contributed by atoms with van der Waals surface area (Å²) in [6.07, 6.45) is 0. The van der Waals surface area contributed by atoms with Gasteiger partial charge in [-0.05, 0) is 49.4 Å². The molecule has 0 aliphatic rings. The Labute approximate surface area is 185 Å². The van der Waals surface area contributed by atoms with Crippen molar-refractivity contribution in [1.82, 2.24) is 4.98 Å². The van der Waals surface area contributed by atoms with E-state index in [1.807, 2.05) is 61.5 Å². The molecule has 4 aromatic rings. The van der Waals surface area contributed by atoms with Gasteiger partial charge in [0.05, 0.1) is 24.9 Å². The number of nitrogens with one attached hydrogen (secondary N) is 1. The summed E-state index contributed by atoms with van der Waals surface area (Å²) in [5.74, 6) is 1.11. The molecule has 0 aliphatic heterocycles. The average molecular weight is 433 g/mol. The first kappa shape index (κ1) is 20.7. The Bertz CT molecular complexity index is 1260. The number of hydrogen-bond acceptors (Lipinski definition) is 4. The van der Waals surface area contributed by atoms with Crippen molar-refractivity contribution in [2.24, 2.45) is 0 Å². The van der Waals surface area contributed by atoms with Gasteiger partial charge in [-0.1, -0.05) is 29.8 Å². The van der Waals surface area contributed by atoms with E-state index in [2.05, 4.69) is 5.32 Å². The topological polar surface area (TPSA) is 60.5 Å². The van der Waals surface area contributed by atoms with Crippen LogP contribution in [0.25, 0.3) is 22.2 Å². The van der Waals surface area contributed by atoms with E-state index in [9.17, 15) is 4.79 Å². The first-order chi connectivity index (χ1) is 15.1. The number of hydrogen-bond donors (Lipinski definition) is 1. The molecule has 6 heteroatoms. The molecule has 3 aromatic carbocycles. The fourth-order valence-corrected chi connectivity index (χ4v) is 3.50. The fourth-order valence-electron chi connectivity index (χ4n) is 3.31. The summed E-state index contributed by atoms with van der Waals surface area (Å²) in [4.78, 5) is 17.6. The zero-order valence-corrected chi connectivity index (χ0v) is 17.9. The molecular formula is C25H21ClN2O3. The molecule has 4 rings (SSSR count). The van der Waals surface area contributed by atoms with E-state index in [0.717, 1.165) is 22.2 Å². The van der Waals surface area contributed by atoms with Crippen LogP contribution < -0.4 is 14.8 Å². The van der Waals surface area contributed by atoms with E-state index in [1.54, 1.807) is 25.3 Å². The lowest BCUT2D eigenvalue weighted by Crippen LogP contribution is -2.12. The predicted octanol–water partition coefficient (Wildman–Crippen LogP) is 6.21. The highest BCUT2D eigenvalue weighted by atomic mass is 35.5. The number of carbonyl (C=O) groups is 1. The minimum atomic E-state index is -0.225. The second-order valence-electron chi connectivity index (χ2n) is 6.87. The number of amides is 1. The maximum absolute atomic E-state index is 12.8. The Kier molecular flexibility index (Phi) is 6.05. The van der Waals surface area contributed by atoms with Crippen molar-refractivity contribution in [2.75, 3.05) is 19.0 Å². The summed E-state index contributed by atoms with van der Waals surface area (Å²) in [5.41, 5.74) is 3.55. The summed E-state index contributed by atoms with van der Waals surface area (Å²) in [6, 6.07) is 22.0. The van der Waals surface area contributed by atoms with Gasteiger partial charge in [0.15, 0.2) is 0 Å². The van der Waals surface area contributed by atoms with Gasteiger partial charge in [0.2, 0.25) is 0 Å². The SMILES string of the molecule is CCOc1cc(-c2cccc(Cl)c2)nc2ccc(C(=O)Nc3cccc(OC)c3)cc12. The number of halogens is 1. The summed E-state index contributed by atoms with van der Waals surface area (Å²) < 4.78 is 11.1. The molecule has 0 spiro atoms. The van der Waals surface area contributed by atoms with Gasteiger partial charge < -0.3 is 14.8 Å². The molecule has 0 saturated carbocycles. The van der Waals surface area contributed by atoms with Crippen LogP contribution in [0.5, 0.6) is 11.5 Å². The number of fused-ring (bicyclic) bond motifs is 1. The van der Waals surface area contributed by atoms with Gasteiger partial charge in [0.25, 0.3) is 5.91 Å². The average Bonchev–Trinajstić information content (AvgIpc) is 2.79. The molecule has 5 nitrogen and oxygen atoms in total. The zero-order chi connectivity index (χ0) is 21.8. The summed E-state index contributed by atoms with van der Waals surface area (Å²) in [5, 5.41) is 4.31. The Morgan fingerprint density at radius 1 is 1.03 bits per heavy atom. The quantitative estimate of drug-likeness (QED) is 0.393. The maximum atomic E-state index is 12.8. The Hall–Kier alpha value is -3.57. The summed E-state index contributed by atoms with van der Waals surface area (Å²) in [7, 11) is 1.59. The van der Waals surface area contributed by atoms with Crippen LogP contribution in [0.1, 0.15) is 17.3 Å². The number of methoxy groups -OCH3 is 1. The lowest BCUT2D eigenvalue weighted by Gasteiger charge is -2.12. The highest BCUT2D eigenvalue weighted by Gasteiger charge is 2.13. The van der Waals surface area contributed by atoms with Crippen molar-refractivity contribution in [3.05, 3.63) is 83.4 Å². The van der Waals surface area contributed by atoms with Crippen LogP contribution in [-0.4, -0.2) is 24.6 Å². The monoisotopic (exact) mass is 432 g/mol. The van der Waals surface area contributed by atoms with Crippen LogP contribution in [-0.2, 0) is 0 Å². The van der Waals surface area contributed by atoms with E-state index >= 15 is 0 Å². The molecule has 0 aliphatic carbocycles. The third-order valence-corrected chi connectivity index (χ3v) is 5.02. The van der Waals surface area contributed by atoms with E-state index < -0.39 is 0 Å². The number of ether oxygens (including phenoxy) is 2. The third kappa shape index (κ3) is 4.62. The van der Waals surface area contributed by atoms with Crippen LogP contribution in [0.4, 0.5) is 5.69 Å². The molecule has 0 atom stereocenters. The lowest BCUT2D eigenvalue weighted by molar-refractivity contribution is 0.102. The molecule has 0 unspecified atom stereocenters. The number of rotatable bonds is 6. The Balaban J connectivity index is 1.71. The van der Waals surface area contributed by atoms with E-state index in [0.29, 0.717) is 34.4 Å². The van der Waals surface area contributed by atoms with Crippen molar-refractivity contribution in [3.63, 3.8) is 0 Å². The van der Waals surface area contributed by atoms with Crippen LogP contribution >= 0.6 is 11.6 Å². The van der Waals surface area contributed by atoms with Crippen molar-refractivity contribution < 1.29 is 14.3 Å². The molecule has 1 aromatic heterocycles. The lowest BCUT2D eigenvalue weighted by atomic mass is 10.1. The molecule has 31 heavy (non-hydrogen) atoms. The van der Waals surface area contributed by atoms with Gasteiger partial charge >= 0.3 is 0 Å². The molecule has 0 bridgehead atoms. The van der Waals surface area contributed by atoms with Gasteiger partial charge in [0.1, 0.15) is 11.5 Å².